The molecule has 0 fully saturated rings. The molecule has 0 unspecified atom stereocenters. The van der Waals surface area contributed by atoms with Gasteiger partial charge in [0.15, 0.2) is 0 Å². The molecule has 1 heterocycles. The first-order valence-corrected chi connectivity index (χ1v) is 8.97. The number of rotatable bonds is 5. The fourth-order valence-corrected chi connectivity index (χ4v) is 3.79. The van der Waals surface area contributed by atoms with Crippen LogP contribution in [0.2, 0.25) is 0 Å². The van der Waals surface area contributed by atoms with E-state index in [0.29, 0.717) is 21.6 Å². The molecule has 0 aliphatic heterocycles. The van der Waals surface area contributed by atoms with Crippen LogP contribution in [0.15, 0.2) is 58.2 Å². The van der Waals surface area contributed by atoms with Crippen molar-refractivity contribution in [2.24, 2.45) is 0 Å². The van der Waals surface area contributed by atoms with Gasteiger partial charge in [0.1, 0.15) is 12.1 Å². The van der Waals surface area contributed by atoms with Crippen LogP contribution >= 0.6 is 15.9 Å². The SMILES string of the molecule is COc1ccc(S(=O)(=O)Nc2cccc(-n3cnnn3)c2)cc1Br. The third-order valence-corrected chi connectivity index (χ3v) is 5.14. The zero-order valence-electron chi connectivity index (χ0n) is 12.4. The Morgan fingerprint density at radius 1 is 1.21 bits per heavy atom. The zero-order valence-corrected chi connectivity index (χ0v) is 14.8. The average Bonchev–Trinajstić information content (AvgIpc) is 3.09. The van der Waals surface area contributed by atoms with Crippen LogP contribution in [-0.2, 0) is 10.0 Å². The highest BCUT2D eigenvalue weighted by atomic mass is 79.9. The number of ether oxygens (including phenoxy) is 1. The van der Waals surface area contributed by atoms with Gasteiger partial charge in [0.25, 0.3) is 10.0 Å². The zero-order chi connectivity index (χ0) is 17.2. The summed E-state index contributed by atoms with van der Waals surface area (Å²) in [5.41, 5.74) is 1.03. The highest BCUT2D eigenvalue weighted by Crippen LogP contribution is 2.28. The van der Waals surface area contributed by atoms with Gasteiger partial charge in [-0.2, -0.15) is 0 Å². The summed E-state index contributed by atoms with van der Waals surface area (Å²) in [4.78, 5) is 0.114. The number of benzene rings is 2. The maximum absolute atomic E-state index is 12.5. The van der Waals surface area contributed by atoms with Crippen molar-refractivity contribution in [3.05, 3.63) is 53.3 Å². The Morgan fingerprint density at radius 3 is 2.71 bits per heavy atom. The fourth-order valence-electron chi connectivity index (χ4n) is 2.02. The molecular weight excluding hydrogens is 398 g/mol. The lowest BCUT2D eigenvalue weighted by Crippen LogP contribution is -2.13. The van der Waals surface area contributed by atoms with Crippen LogP contribution in [0.4, 0.5) is 5.69 Å². The molecule has 0 aliphatic rings. The Kier molecular flexibility index (Phi) is 4.49. The van der Waals surface area contributed by atoms with Crippen LogP contribution in [0.1, 0.15) is 0 Å². The molecule has 3 aromatic rings. The van der Waals surface area contributed by atoms with Crippen molar-refractivity contribution in [3.8, 4) is 11.4 Å². The number of methoxy groups -OCH3 is 1. The monoisotopic (exact) mass is 409 g/mol. The summed E-state index contributed by atoms with van der Waals surface area (Å²) >= 11 is 3.28. The van der Waals surface area contributed by atoms with Crippen LogP contribution in [-0.4, -0.2) is 35.7 Å². The minimum absolute atomic E-state index is 0.114. The number of tetrazole rings is 1. The third-order valence-electron chi connectivity index (χ3n) is 3.15. The topological polar surface area (TPSA) is 99.0 Å². The van der Waals surface area contributed by atoms with Crippen molar-refractivity contribution < 1.29 is 13.2 Å². The van der Waals surface area contributed by atoms with E-state index in [1.165, 1.54) is 30.3 Å². The second kappa shape index (κ2) is 6.57. The summed E-state index contributed by atoms with van der Waals surface area (Å²) in [5.74, 6) is 0.551. The van der Waals surface area contributed by atoms with E-state index in [9.17, 15) is 8.42 Å². The molecule has 1 N–H and O–H groups in total. The molecule has 0 aliphatic carbocycles. The Bertz CT molecular complexity index is 960. The van der Waals surface area contributed by atoms with E-state index in [1.807, 2.05) is 0 Å². The van der Waals surface area contributed by atoms with Gasteiger partial charge in [0.2, 0.25) is 0 Å². The number of anilines is 1. The van der Waals surface area contributed by atoms with Gasteiger partial charge < -0.3 is 4.74 Å². The number of halogens is 1. The number of nitrogens with zero attached hydrogens (tertiary/aromatic N) is 4. The van der Waals surface area contributed by atoms with Crippen LogP contribution < -0.4 is 9.46 Å². The summed E-state index contributed by atoms with van der Waals surface area (Å²) in [6, 6.07) is 11.3. The number of nitrogens with one attached hydrogen (secondary N) is 1. The van der Waals surface area contributed by atoms with Crippen molar-refractivity contribution in [2.75, 3.05) is 11.8 Å². The largest absolute Gasteiger partial charge is 0.496 e. The average molecular weight is 410 g/mol. The molecule has 124 valence electrons. The first kappa shape index (κ1) is 16.4. The van der Waals surface area contributed by atoms with Crippen LogP contribution in [0, 0.1) is 0 Å². The molecule has 0 amide bonds. The first-order valence-electron chi connectivity index (χ1n) is 6.69. The summed E-state index contributed by atoms with van der Waals surface area (Å²) in [6.07, 6.45) is 1.42. The summed E-state index contributed by atoms with van der Waals surface area (Å²) < 4.78 is 34.7. The number of aromatic nitrogens is 4. The summed E-state index contributed by atoms with van der Waals surface area (Å²) in [7, 11) is -2.23. The van der Waals surface area contributed by atoms with Gasteiger partial charge in [-0.3, -0.25) is 4.72 Å². The van der Waals surface area contributed by atoms with E-state index >= 15 is 0 Å². The predicted octanol–water partition coefficient (Wildman–Crippen LogP) is 2.23. The molecule has 0 atom stereocenters. The second-order valence-corrected chi connectivity index (χ2v) is 7.24. The molecule has 10 heteroatoms. The summed E-state index contributed by atoms with van der Waals surface area (Å²) in [5, 5.41) is 10.9. The molecule has 1 aromatic heterocycles. The first-order chi connectivity index (χ1) is 11.5. The Hall–Kier alpha value is -2.46. The van der Waals surface area contributed by atoms with Gasteiger partial charge in [-0.05, 0) is 62.8 Å². The smallest absolute Gasteiger partial charge is 0.261 e. The lowest BCUT2D eigenvalue weighted by atomic mass is 10.3. The normalized spacial score (nSPS) is 11.2. The molecule has 0 saturated carbocycles. The molecule has 0 saturated heterocycles. The van der Waals surface area contributed by atoms with Gasteiger partial charge >= 0.3 is 0 Å². The van der Waals surface area contributed by atoms with Gasteiger partial charge in [-0.1, -0.05) is 6.07 Å². The van der Waals surface area contributed by atoms with Gasteiger partial charge in [-0.15, -0.1) is 5.10 Å². The molecule has 0 radical (unpaired) electrons. The number of hydrogen-bond donors (Lipinski definition) is 1. The van der Waals surface area contributed by atoms with Crippen molar-refractivity contribution in [2.45, 2.75) is 4.90 Å². The van der Waals surface area contributed by atoms with E-state index in [1.54, 1.807) is 30.3 Å². The van der Waals surface area contributed by atoms with Gasteiger partial charge in [0, 0.05) is 0 Å². The summed E-state index contributed by atoms with van der Waals surface area (Å²) in [6.45, 7) is 0. The maximum Gasteiger partial charge on any atom is 0.261 e. The van der Waals surface area contributed by atoms with E-state index in [0.717, 1.165) is 0 Å². The van der Waals surface area contributed by atoms with Gasteiger partial charge in [-0.25, -0.2) is 13.1 Å². The van der Waals surface area contributed by atoms with Crippen molar-refractivity contribution in [1.29, 1.82) is 0 Å². The van der Waals surface area contributed by atoms with E-state index in [-0.39, 0.29) is 4.90 Å². The quantitative estimate of drug-likeness (QED) is 0.693. The fraction of sp³-hybridized carbons (Fsp3) is 0.0714. The maximum atomic E-state index is 12.5. The minimum atomic E-state index is -3.74. The van der Waals surface area contributed by atoms with Crippen molar-refractivity contribution >= 4 is 31.6 Å². The molecule has 2 aromatic carbocycles. The molecule has 8 nitrogen and oxygen atoms in total. The second-order valence-electron chi connectivity index (χ2n) is 4.71. The molecule has 3 rings (SSSR count). The molecule has 0 bridgehead atoms. The Balaban J connectivity index is 1.90. The third kappa shape index (κ3) is 3.39. The minimum Gasteiger partial charge on any atom is -0.496 e. The highest BCUT2D eigenvalue weighted by molar-refractivity contribution is 9.10. The van der Waals surface area contributed by atoms with E-state index < -0.39 is 10.0 Å². The molecule has 24 heavy (non-hydrogen) atoms. The van der Waals surface area contributed by atoms with Crippen LogP contribution in [0.3, 0.4) is 0 Å². The van der Waals surface area contributed by atoms with Crippen LogP contribution in [0.25, 0.3) is 5.69 Å². The lowest BCUT2D eigenvalue weighted by Gasteiger charge is -2.11. The highest BCUT2D eigenvalue weighted by Gasteiger charge is 2.16. The molecular formula is C14H12BrN5O3S. The van der Waals surface area contributed by atoms with Crippen molar-refractivity contribution in [3.63, 3.8) is 0 Å². The Labute approximate surface area is 146 Å². The lowest BCUT2D eigenvalue weighted by molar-refractivity contribution is 0.411. The predicted molar refractivity (Wildman–Crippen MR) is 90.7 cm³/mol. The van der Waals surface area contributed by atoms with E-state index in [4.69, 9.17) is 4.74 Å². The number of sulfonamides is 1. The van der Waals surface area contributed by atoms with Crippen LogP contribution in [0.5, 0.6) is 5.75 Å². The molecule has 0 spiro atoms. The van der Waals surface area contributed by atoms with Crippen molar-refractivity contribution in [1.82, 2.24) is 20.2 Å². The Morgan fingerprint density at radius 2 is 2.04 bits per heavy atom. The van der Waals surface area contributed by atoms with Gasteiger partial charge in [0.05, 0.1) is 27.9 Å². The standard InChI is InChI=1S/C14H12BrN5O3S/c1-23-14-6-5-12(8-13(14)15)24(21,22)17-10-3-2-4-11(7-10)20-9-16-18-19-20/h2-9,17H,1H3. The number of hydrogen-bond acceptors (Lipinski definition) is 6. The van der Waals surface area contributed by atoms with E-state index in [2.05, 4.69) is 36.2 Å².